The summed E-state index contributed by atoms with van der Waals surface area (Å²) in [6.07, 6.45) is -7.25. The summed E-state index contributed by atoms with van der Waals surface area (Å²) in [4.78, 5) is 9.37. The standard InChI is InChI=1S/C12H8F6N4.ClH/c13-11(14,15)9-8(1-6(2-19)3-20-9)7-4-21-10(22-5-7)12(16,17)18;/h1,3-5H,2,19H2;1H. The van der Waals surface area contributed by atoms with Crippen molar-refractivity contribution in [2.45, 2.75) is 18.9 Å². The molecule has 0 aliphatic rings. The van der Waals surface area contributed by atoms with Gasteiger partial charge in [-0.25, -0.2) is 9.97 Å². The fourth-order valence-electron chi connectivity index (χ4n) is 1.68. The Bertz CT molecular complexity index is 669. The van der Waals surface area contributed by atoms with Crippen LogP contribution in [0.5, 0.6) is 0 Å². The van der Waals surface area contributed by atoms with Gasteiger partial charge in [-0.05, 0) is 11.6 Å². The fraction of sp³-hybridized carbons (Fsp3) is 0.250. The highest BCUT2D eigenvalue weighted by Gasteiger charge is 2.37. The van der Waals surface area contributed by atoms with Crippen LogP contribution in [0.2, 0.25) is 0 Å². The van der Waals surface area contributed by atoms with Gasteiger partial charge in [0.05, 0.1) is 0 Å². The Morgan fingerprint density at radius 3 is 1.87 bits per heavy atom. The summed E-state index contributed by atoms with van der Waals surface area (Å²) in [5, 5.41) is 0. The molecule has 23 heavy (non-hydrogen) atoms. The van der Waals surface area contributed by atoms with Crippen molar-refractivity contribution in [3.05, 3.63) is 41.7 Å². The normalized spacial score (nSPS) is 12.0. The van der Waals surface area contributed by atoms with Crippen LogP contribution in [0.15, 0.2) is 24.7 Å². The minimum Gasteiger partial charge on any atom is -0.326 e. The monoisotopic (exact) mass is 358 g/mol. The largest absolute Gasteiger partial charge is 0.451 e. The number of alkyl halides is 6. The van der Waals surface area contributed by atoms with Crippen LogP contribution in [0.1, 0.15) is 17.1 Å². The number of halogens is 7. The molecule has 0 aliphatic carbocycles. The minimum atomic E-state index is -4.78. The maximum Gasteiger partial charge on any atom is 0.451 e. The Labute approximate surface area is 132 Å². The predicted octanol–water partition coefficient (Wildman–Crippen LogP) is 3.46. The van der Waals surface area contributed by atoms with E-state index in [2.05, 4.69) is 15.0 Å². The van der Waals surface area contributed by atoms with Gasteiger partial charge in [0.2, 0.25) is 5.82 Å². The molecule has 0 aliphatic heterocycles. The minimum absolute atomic E-state index is 0. The third-order valence-electron chi connectivity index (χ3n) is 2.66. The van der Waals surface area contributed by atoms with Gasteiger partial charge in [-0.15, -0.1) is 12.4 Å². The average Bonchev–Trinajstić information content (AvgIpc) is 2.45. The molecule has 2 aromatic heterocycles. The molecule has 2 rings (SSSR count). The zero-order valence-electron chi connectivity index (χ0n) is 11.1. The molecule has 0 saturated carbocycles. The smallest absolute Gasteiger partial charge is 0.326 e. The summed E-state index contributed by atoms with van der Waals surface area (Å²) in [6.45, 7) is -0.0698. The van der Waals surface area contributed by atoms with Crippen molar-refractivity contribution in [2.24, 2.45) is 5.73 Å². The van der Waals surface area contributed by atoms with Gasteiger partial charge in [0.15, 0.2) is 5.69 Å². The fourth-order valence-corrected chi connectivity index (χ4v) is 1.68. The van der Waals surface area contributed by atoms with Gasteiger partial charge in [0.25, 0.3) is 0 Å². The summed E-state index contributed by atoms with van der Waals surface area (Å²) >= 11 is 0. The molecule has 0 radical (unpaired) electrons. The maximum absolute atomic E-state index is 12.9. The van der Waals surface area contributed by atoms with Crippen molar-refractivity contribution in [1.29, 1.82) is 0 Å². The van der Waals surface area contributed by atoms with Gasteiger partial charge in [0.1, 0.15) is 0 Å². The lowest BCUT2D eigenvalue weighted by molar-refractivity contribution is -0.145. The SMILES string of the molecule is Cl.NCc1cnc(C(F)(F)F)c(-c2cnc(C(F)(F)F)nc2)c1. The van der Waals surface area contributed by atoms with Crippen molar-refractivity contribution >= 4 is 12.4 Å². The lowest BCUT2D eigenvalue weighted by Gasteiger charge is -2.13. The van der Waals surface area contributed by atoms with E-state index in [1.54, 1.807) is 0 Å². The Kier molecular flexibility index (Phi) is 5.54. The Morgan fingerprint density at radius 1 is 0.870 bits per heavy atom. The summed E-state index contributed by atoms with van der Waals surface area (Å²) < 4.78 is 75.9. The van der Waals surface area contributed by atoms with Crippen molar-refractivity contribution in [1.82, 2.24) is 15.0 Å². The number of pyridine rings is 1. The van der Waals surface area contributed by atoms with E-state index in [0.717, 1.165) is 12.3 Å². The van der Waals surface area contributed by atoms with Crippen LogP contribution in [0, 0.1) is 0 Å². The third-order valence-corrected chi connectivity index (χ3v) is 2.66. The molecule has 126 valence electrons. The van der Waals surface area contributed by atoms with Crippen molar-refractivity contribution < 1.29 is 26.3 Å². The first-order valence-electron chi connectivity index (χ1n) is 5.78. The molecule has 4 nitrogen and oxygen atoms in total. The molecule has 0 aromatic carbocycles. The average molecular weight is 359 g/mol. The molecule has 2 heterocycles. The van der Waals surface area contributed by atoms with Crippen molar-refractivity contribution in [2.75, 3.05) is 0 Å². The molecule has 0 fully saturated rings. The summed E-state index contributed by atoms with van der Waals surface area (Å²) in [6, 6.07) is 1.10. The molecular formula is C12H9ClF6N4. The number of hydrogen-bond acceptors (Lipinski definition) is 4. The molecular weight excluding hydrogens is 350 g/mol. The lowest BCUT2D eigenvalue weighted by Crippen LogP contribution is -2.13. The van der Waals surface area contributed by atoms with E-state index >= 15 is 0 Å². The summed E-state index contributed by atoms with van der Waals surface area (Å²) in [5.74, 6) is -1.44. The second kappa shape index (κ2) is 6.67. The maximum atomic E-state index is 12.9. The highest BCUT2D eigenvalue weighted by atomic mass is 35.5. The van der Waals surface area contributed by atoms with Gasteiger partial charge in [-0.3, -0.25) is 4.98 Å². The van der Waals surface area contributed by atoms with Crippen LogP contribution in [0.4, 0.5) is 26.3 Å². The van der Waals surface area contributed by atoms with Gasteiger partial charge in [-0.2, -0.15) is 26.3 Å². The highest BCUT2D eigenvalue weighted by molar-refractivity contribution is 5.85. The predicted molar refractivity (Wildman–Crippen MR) is 70.4 cm³/mol. The molecule has 0 saturated heterocycles. The first-order chi connectivity index (χ1) is 10.1. The van der Waals surface area contributed by atoms with Crippen molar-refractivity contribution in [3.63, 3.8) is 0 Å². The van der Waals surface area contributed by atoms with E-state index < -0.39 is 29.4 Å². The molecule has 2 aromatic rings. The molecule has 11 heteroatoms. The zero-order chi connectivity index (χ0) is 16.5. The lowest BCUT2D eigenvalue weighted by atomic mass is 10.0. The van der Waals surface area contributed by atoms with E-state index in [-0.39, 0.29) is 24.5 Å². The third kappa shape index (κ3) is 4.29. The Hall–Kier alpha value is -1.94. The van der Waals surface area contributed by atoms with Gasteiger partial charge in [-0.1, -0.05) is 0 Å². The Morgan fingerprint density at radius 2 is 1.43 bits per heavy atom. The molecule has 0 spiro atoms. The summed E-state index contributed by atoms with van der Waals surface area (Å²) in [7, 11) is 0. The molecule has 2 N–H and O–H groups in total. The molecule has 0 unspecified atom stereocenters. The molecule has 0 amide bonds. The van der Waals surface area contributed by atoms with E-state index in [1.807, 2.05) is 0 Å². The van der Waals surface area contributed by atoms with Crippen molar-refractivity contribution in [3.8, 4) is 11.1 Å². The van der Waals surface area contributed by atoms with Gasteiger partial charge >= 0.3 is 12.4 Å². The number of hydrogen-bond donors (Lipinski definition) is 1. The number of nitrogens with two attached hydrogens (primary N) is 1. The second-order valence-electron chi connectivity index (χ2n) is 4.23. The first kappa shape index (κ1) is 19.1. The van der Waals surface area contributed by atoms with Gasteiger partial charge < -0.3 is 5.73 Å². The quantitative estimate of drug-likeness (QED) is 0.835. The zero-order valence-corrected chi connectivity index (χ0v) is 11.9. The van der Waals surface area contributed by atoms with E-state index in [0.29, 0.717) is 18.0 Å². The second-order valence-corrected chi connectivity index (χ2v) is 4.23. The van der Waals surface area contributed by atoms with E-state index in [9.17, 15) is 26.3 Å². The van der Waals surface area contributed by atoms with E-state index in [4.69, 9.17) is 5.73 Å². The molecule has 0 bridgehead atoms. The van der Waals surface area contributed by atoms with Crippen LogP contribution in [-0.4, -0.2) is 15.0 Å². The first-order valence-corrected chi connectivity index (χ1v) is 5.78. The summed E-state index contributed by atoms with van der Waals surface area (Å²) in [5.41, 5.74) is 3.73. The van der Waals surface area contributed by atoms with Gasteiger partial charge in [0, 0.05) is 36.3 Å². The molecule has 0 atom stereocenters. The van der Waals surface area contributed by atoms with E-state index in [1.165, 1.54) is 0 Å². The topological polar surface area (TPSA) is 64.7 Å². The van der Waals surface area contributed by atoms with Crippen LogP contribution in [0.3, 0.4) is 0 Å². The van der Waals surface area contributed by atoms with Crippen LogP contribution in [-0.2, 0) is 18.9 Å². The number of aromatic nitrogens is 3. The highest BCUT2D eigenvalue weighted by Crippen LogP contribution is 2.36. The van der Waals surface area contributed by atoms with Crippen LogP contribution in [0.25, 0.3) is 11.1 Å². The van der Waals surface area contributed by atoms with Crippen LogP contribution < -0.4 is 5.73 Å². The Balaban J connectivity index is 0.00000264. The van der Waals surface area contributed by atoms with Crippen LogP contribution >= 0.6 is 12.4 Å². The number of nitrogens with zero attached hydrogens (tertiary/aromatic N) is 3. The number of rotatable bonds is 2.